The van der Waals surface area contributed by atoms with E-state index in [1.54, 1.807) is 72.8 Å². The molecule has 10 aromatic rings. The monoisotopic (exact) mass is 743 g/mol. The summed E-state index contributed by atoms with van der Waals surface area (Å²) in [7, 11) is 0. The first-order valence-corrected chi connectivity index (χ1v) is 18.1. The van der Waals surface area contributed by atoms with Crippen molar-refractivity contribution in [3.63, 3.8) is 0 Å². The first-order chi connectivity index (χ1) is 35.8. The Morgan fingerprint density at radius 1 is 0.316 bits per heavy atom. The van der Waals surface area contributed by atoms with E-state index in [1.165, 1.54) is 0 Å². The minimum Gasteiger partial charge on any atom is -0.310 e. The van der Waals surface area contributed by atoms with Crippen molar-refractivity contribution >= 4 is 38.6 Å². The molecule has 0 aliphatic carbocycles. The second kappa shape index (κ2) is 15.0. The van der Waals surface area contributed by atoms with E-state index in [4.69, 9.17) is 8.22 Å². The van der Waals surface area contributed by atoms with Gasteiger partial charge in [0, 0.05) is 16.9 Å². The Morgan fingerprint density at radius 3 is 1.56 bits per heavy atom. The number of nitrogens with zero attached hydrogens (tertiary/aromatic N) is 1. The van der Waals surface area contributed by atoms with E-state index in [0.717, 1.165) is 15.7 Å². The summed E-state index contributed by atoms with van der Waals surface area (Å²) in [6, 6.07) is 23.5. The van der Waals surface area contributed by atoms with Crippen LogP contribution in [-0.2, 0) is 0 Å². The summed E-state index contributed by atoms with van der Waals surface area (Å²) in [4.78, 5) is 0.860. The molecule has 0 heterocycles. The molecule has 1 heteroatoms. The Morgan fingerprint density at radius 2 is 0.860 bits per heavy atom. The van der Waals surface area contributed by atoms with Crippen LogP contribution in [0, 0.1) is 0 Å². The summed E-state index contributed by atoms with van der Waals surface area (Å²) in [5.74, 6) is 0. The van der Waals surface area contributed by atoms with Gasteiger partial charge < -0.3 is 4.90 Å². The molecule has 1 nitrogen and oxygen atoms in total. The molecule has 0 fully saturated rings. The third kappa shape index (κ3) is 6.66. The zero-order chi connectivity index (χ0) is 53.6. The van der Waals surface area contributed by atoms with Gasteiger partial charge in [0.2, 0.25) is 0 Å². The highest BCUT2D eigenvalue weighted by atomic mass is 15.1. The summed E-state index contributed by atoms with van der Waals surface area (Å²) in [6.45, 7) is 0. The predicted molar refractivity (Wildman–Crippen MR) is 243 cm³/mol. The Balaban J connectivity index is 1.35. The maximum absolute atomic E-state index is 9.94. The molecule has 0 unspecified atom stereocenters. The topological polar surface area (TPSA) is 3.24 Å². The van der Waals surface area contributed by atoms with Gasteiger partial charge in [-0.2, -0.15) is 0 Å². The SMILES string of the molecule is [2H]c1c([2H])c(N(c2c([2H])c([2H])c(-c3ccc4ccccc4c3-c3ccccc3)c([2H])c2[2H])c2c([2H])c([2H])c(-c3c([2H])c([2H])c4c([2H])c([2H])c([2H])c([2H])c4c3[2H])c([2H])c2[2H])c(-c2ccccc2)c([2H])c1-c1ccccc1. The fourth-order valence-electron chi connectivity index (χ4n) is 6.86. The Kier molecular flexibility index (Phi) is 5.23. The molecule has 0 aliphatic rings. The molecule has 268 valence electrons. The average Bonchev–Trinajstić information content (AvgIpc) is 3.43. The first kappa shape index (κ1) is 19.9. The Bertz CT molecular complexity index is 3980. The summed E-state index contributed by atoms with van der Waals surface area (Å²) >= 11 is 0. The molecule has 0 aliphatic heterocycles. The van der Waals surface area contributed by atoms with Crippen molar-refractivity contribution in [3.8, 4) is 55.6 Å². The smallest absolute Gasteiger partial charge is 0.0645 e. The van der Waals surface area contributed by atoms with Crippen LogP contribution in [0.2, 0.25) is 0 Å². The van der Waals surface area contributed by atoms with Gasteiger partial charge in [-0.15, -0.1) is 0 Å². The molecule has 0 saturated heterocycles. The van der Waals surface area contributed by atoms with Gasteiger partial charge in [0.25, 0.3) is 0 Å². The molecular formula is C56H39N. The molecule has 0 bridgehead atoms. The van der Waals surface area contributed by atoms with Crippen LogP contribution in [0.25, 0.3) is 77.2 Å². The molecule has 0 spiro atoms. The standard InChI is InChI=1S/C56H39N/c1-4-14-40(15-5-1)49-31-37-55(54(39-49)43-17-6-2-7-18-43)57(50-32-26-42(27-33-50)48-25-24-41-16-10-11-22-47(41)38-48)51-34-28-45(29-35-51)53-36-30-44-19-12-13-23-52(44)56(53)46-20-8-3-9-21-46/h1-39H/i10D,11D,16D,22D,24D,25D,26D,27D,28D,29D,31D,32D,33D,34D,35D,37D,38D,39D. The van der Waals surface area contributed by atoms with Crippen LogP contribution in [-0.4, -0.2) is 0 Å². The minimum absolute atomic E-state index is 0.00382. The van der Waals surface area contributed by atoms with Gasteiger partial charge in [-0.05, 0) is 114 Å². The van der Waals surface area contributed by atoms with Crippen molar-refractivity contribution < 1.29 is 24.7 Å². The number of benzene rings is 10. The third-order valence-corrected chi connectivity index (χ3v) is 9.57. The quantitative estimate of drug-likeness (QED) is 0.150. The lowest BCUT2D eigenvalue weighted by Gasteiger charge is -2.29. The van der Waals surface area contributed by atoms with E-state index in [1.807, 2.05) is 54.6 Å². The molecule has 0 radical (unpaired) electrons. The summed E-state index contributed by atoms with van der Waals surface area (Å²) in [5, 5.41) is 0.622. The van der Waals surface area contributed by atoms with Crippen LogP contribution in [0.3, 0.4) is 0 Å². The number of hydrogen-bond acceptors (Lipinski definition) is 1. The zero-order valence-electron chi connectivity index (χ0n) is 48.1. The summed E-state index contributed by atoms with van der Waals surface area (Å²) in [5.41, 5.74) is -1.21. The van der Waals surface area contributed by atoms with Crippen molar-refractivity contribution in [1.82, 2.24) is 0 Å². The van der Waals surface area contributed by atoms with E-state index in [-0.39, 0.29) is 28.3 Å². The van der Waals surface area contributed by atoms with Crippen LogP contribution in [0.1, 0.15) is 24.7 Å². The van der Waals surface area contributed by atoms with Gasteiger partial charge in [-0.1, -0.05) is 194 Å². The average molecular weight is 744 g/mol. The highest BCUT2D eigenvalue weighted by molar-refractivity contribution is 6.04. The van der Waals surface area contributed by atoms with Gasteiger partial charge in [0.05, 0.1) is 30.4 Å². The van der Waals surface area contributed by atoms with Gasteiger partial charge in [0.15, 0.2) is 0 Å². The van der Waals surface area contributed by atoms with Crippen molar-refractivity contribution in [2.24, 2.45) is 0 Å². The first-order valence-electron chi connectivity index (χ1n) is 27.1. The van der Waals surface area contributed by atoms with Crippen molar-refractivity contribution in [3.05, 3.63) is 236 Å². The fourth-order valence-corrected chi connectivity index (χ4v) is 6.86. The van der Waals surface area contributed by atoms with Crippen LogP contribution in [0.5, 0.6) is 0 Å². The molecule has 0 aromatic heterocycles. The lowest BCUT2D eigenvalue weighted by Crippen LogP contribution is -2.11. The number of fused-ring (bicyclic) bond motifs is 2. The molecule has 0 amide bonds. The summed E-state index contributed by atoms with van der Waals surface area (Å²) in [6.07, 6.45) is 0. The van der Waals surface area contributed by atoms with E-state index in [2.05, 4.69) is 0 Å². The van der Waals surface area contributed by atoms with Crippen LogP contribution < -0.4 is 4.90 Å². The van der Waals surface area contributed by atoms with Crippen LogP contribution >= 0.6 is 0 Å². The van der Waals surface area contributed by atoms with Gasteiger partial charge >= 0.3 is 0 Å². The molecule has 0 atom stereocenters. The largest absolute Gasteiger partial charge is 0.310 e. The van der Waals surface area contributed by atoms with Crippen LogP contribution in [0.4, 0.5) is 17.1 Å². The lowest BCUT2D eigenvalue weighted by molar-refractivity contribution is 1.28. The fraction of sp³-hybridized carbons (Fsp3) is 0. The second-order valence-electron chi connectivity index (χ2n) is 13.1. The molecular weight excluding hydrogens is 687 g/mol. The molecule has 0 N–H and O–H groups in total. The molecule has 0 saturated carbocycles. The Labute approximate surface area is 359 Å². The highest BCUT2D eigenvalue weighted by Gasteiger charge is 2.20. The normalized spacial score (nSPS) is 15.6. The lowest BCUT2D eigenvalue weighted by atomic mass is 9.89. The van der Waals surface area contributed by atoms with Gasteiger partial charge in [0.1, 0.15) is 0 Å². The van der Waals surface area contributed by atoms with Crippen LogP contribution in [0.15, 0.2) is 236 Å². The molecule has 57 heavy (non-hydrogen) atoms. The number of hydrogen-bond donors (Lipinski definition) is 0. The summed E-state index contributed by atoms with van der Waals surface area (Å²) < 4.78 is 169. The maximum atomic E-state index is 9.94. The maximum Gasteiger partial charge on any atom is 0.0645 e. The highest BCUT2D eigenvalue weighted by Crippen LogP contribution is 2.45. The minimum atomic E-state index is -0.961. The van der Waals surface area contributed by atoms with Crippen molar-refractivity contribution in [1.29, 1.82) is 0 Å². The van der Waals surface area contributed by atoms with E-state index in [9.17, 15) is 16.4 Å². The van der Waals surface area contributed by atoms with E-state index in [0.29, 0.717) is 22.3 Å². The van der Waals surface area contributed by atoms with E-state index >= 15 is 0 Å². The predicted octanol–water partition coefficient (Wildman–Crippen LogP) is 15.8. The zero-order valence-corrected chi connectivity index (χ0v) is 30.1. The van der Waals surface area contributed by atoms with Crippen molar-refractivity contribution in [2.75, 3.05) is 4.90 Å². The number of anilines is 3. The second-order valence-corrected chi connectivity index (χ2v) is 13.1. The van der Waals surface area contributed by atoms with Gasteiger partial charge in [-0.25, -0.2) is 0 Å². The third-order valence-electron chi connectivity index (χ3n) is 9.57. The van der Waals surface area contributed by atoms with Crippen molar-refractivity contribution in [2.45, 2.75) is 0 Å². The Hall–Kier alpha value is -7.48. The molecule has 10 aromatic carbocycles. The molecule has 10 rings (SSSR count). The van der Waals surface area contributed by atoms with Gasteiger partial charge in [-0.3, -0.25) is 0 Å². The van der Waals surface area contributed by atoms with E-state index < -0.39 is 142 Å². The number of rotatable bonds is 8.